The Morgan fingerprint density at radius 3 is 1.02 bits per heavy atom. The van der Waals surface area contributed by atoms with E-state index in [1.54, 1.807) is 6.08 Å². The first kappa shape index (κ1) is 82.9. The van der Waals surface area contributed by atoms with E-state index in [2.05, 4.69) is 129 Å². The molecule has 0 aromatic heterocycles. The van der Waals surface area contributed by atoms with E-state index in [-0.39, 0.29) is 19.1 Å². The first-order chi connectivity index (χ1) is 42.0. The molecule has 3 unspecified atom stereocenters. The van der Waals surface area contributed by atoms with Crippen LogP contribution < -0.4 is 5.32 Å². The third-order valence-corrected chi connectivity index (χ3v) is 16.7. The maximum Gasteiger partial charge on any atom is 0.472 e. The second-order valence-corrected chi connectivity index (χ2v) is 26.7. The Bertz CT molecular complexity index is 1820. The van der Waals surface area contributed by atoms with Gasteiger partial charge in [0.2, 0.25) is 5.91 Å². The summed E-state index contributed by atoms with van der Waals surface area (Å²) in [6.07, 6.45) is 99.1. The van der Waals surface area contributed by atoms with Crippen LogP contribution in [0.25, 0.3) is 0 Å². The molecule has 0 aliphatic carbocycles. The second-order valence-electron chi connectivity index (χ2n) is 25.2. The van der Waals surface area contributed by atoms with Gasteiger partial charge in [-0.1, -0.05) is 334 Å². The summed E-state index contributed by atoms with van der Waals surface area (Å²) in [6, 6.07) is -0.860. The van der Waals surface area contributed by atoms with Gasteiger partial charge in [-0.2, -0.15) is 0 Å². The second kappa shape index (κ2) is 66.3. The third kappa shape index (κ3) is 68.4. The SMILES string of the molecule is CC/C=C\C/C=C\C/C=C\C/C=C\C/C=C\C/C=C\C/C=C\C/C=C\C/C=C\CCCCCCCCCCCC(=O)NC(COP(=O)(O)OCC[N+](C)(C)C)C(O)/C=C/CCCCCCCCCCCCCCCCCCCCCCCCCCC. The minimum absolute atomic E-state index is 0.0553. The van der Waals surface area contributed by atoms with Crippen molar-refractivity contribution >= 4 is 13.7 Å². The highest BCUT2D eigenvalue weighted by Gasteiger charge is 2.28. The van der Waals surface area contributed by atoms with Crippen molar-refractivity contribution in [3.63, 3.8) is 0 Å². The zero-order chi connectivity index (χ0) is 62.6. The molecule has 0 aliphatic rings. The molecule has 0 fully saturated rings. The van der Waals surface area contributed by atoms with Crippen LogP contribution in [0.15, 0.2) is 122 Å². The average Bonchev–Trinajstić information content (AvgIpc) is 3.70. The van der Waals surface area contributed by atoms with Gasteiger partial charge in [0.05, 0.1) is 39.9 Å². The number of nitrogens with zero attached hydrogens (tertiary/aromatic N) is 1. The smallest absolute Gasteiger partial charge is 0.387 e. The first-order valence-corrected chi connectivity index (χ1v) is 37.4. The maximum absolute atomic E-state index is 13.1. The van der Waals surface area contributed by atoms with Gasteiger partial charge in [0.25, 0.3) is 0 Å². The van der Waals surface area contributed by atoms with E-state index in [0.29, 0.717) is 17.4 Å². The molecule has 0 heterocycles. The number of carbonyl (C=O) groups excluding carboxylic acids is 1. The topological polar surface area (TPSA) is 105 Å². The van der Waals surface area contributed by atoms with Crippen LogP contribution in [0.4, 0.5) is 0 Å². The number of aliphatic hydroxyl groups is 1. The Balaban J connectivity index is 4.13. The number of nitrogens with one attached hydrogen (secondary N) is 1. The summed E-state index contributed by atoms with van der Waals surface area (Å²) in [5.41, 5.74) is 0. The summed E-state index contributed by atoms with van der Waals surface area (Å²) < 4.78 is 23.8. The molecule has 0 bridgehead atoms. The van der Waals surface area contributed by atoms with E-state index < -0.39 is 20.0 Å². The predicted molar refractivity (Wildman–Crippen MR) is 378 cm³/mol. The number of phosphoric ester groups is 1. The molecule has 0 saturated carbocycles. The fraction of sp³-hybridized carbons (Fsp3) is 0.727. The summed E-state index contributed by atoms with van der Waals surface area (Å²) >= 11 is 0. The molecule has 9 heteroatoms. The van der Waals surface area contributed by atoms with Gasteiger partial charge in [-0.25, -0.2) is 4.57 Å². The van der Waals surface area contributed by atoms with Crippen LogP contribution in [0.3, 0.4) is 0 Å². The predicted octanol–water partition coefficient (Wildman–Crippen LogP) is 23.2. The van der Waals surface area contributed by atoms with Gasteiger partial charge in [-0.3, -0.25) is 13.8 Å². The lowest BCUT2D eigenvalue weighted by Gasteiger charge is -2.25. The van der Waals surface area contributed by atoms with Crippen molar-refractivity contribution in [3.05, 3.63) is 122 Å². The number of carbonyl (C=O) groups is 1. The molecular weight excluding hydrogens is 1080 g/mol. The zero-order valence-corrected chi connectivity index (χ0v) is 57.7. The third-order valence-electron chi connectivity index (χ3n) is 15.7. The Morgan fingerprint density at radius 1 is 0.407 bits per heavy atom. The molecule has 0 aliphatic heterocycles. The molecule has 0 aromatic rings. The molecule has 496 valence electrons. The van der Waals surface area contributed by atoms with Crippen molar-refractivity contribution in [2.75, 3.05) is 40.9 Å². The van der Waals surface area contributed by atoms with E-state index in [1.807, 2.05) is 27.2 Å². The monoisotopic (exact) mass is 1220 g/mol. The van der Waals surface area contributed by atoms with Crippen molar-refractivity contribution < 1.29 is 32.9 Å². The molecule has 0 saturated heterocycles. The van der Waals surface area contributed by atoms with Gasteiger partial charge < -0.3 is 19.8 Å². The van der Waals surface area contributed by atoms with Gasteiger partial charge in [-0.05, 0) is 89.9 Å². The summed E-state index contributed by atoms with van der Waals surface area (Å²) in [7, 11) is 1.56. The highest BCUT2D eigenvalue weighted by atomic mass is 31.2. The van der Waals surface area contributed by atoms with E-state index in [9.17, 15) is 19.4 Å². The Hall–Kier alpha value is -3.10. The molecule has 0 spiro atoms. The van der Waals surface area contributed by atoms with Crippen molar-refractivity contribution in [1.82, 2.24) is 5.32 Å². The van der Waals surface area contributed by atoms with E-state index >= 15 is 0 Å². The number of unbranched alkanes of at least 4 members (excludes halogenated alkanes) is 34. The summed E-state index contributed by atoms with van der Waals surface area (Å²) in [4.78, 5) is 23.4. The number of likely N-dealkylation sites (N-methyl/N-ethyl adjacent to an activating group) is 1. The van der Waals surface area contributed by atoms with Crippen molar-refractivity contribution in [3.8, 4) is 0 Å². The minimum Gasteiger partial charge on any atom is -0.387 e. The van der Waals surface area contributed by atoms with Gasteiger partial charge >= 0.3 is 7.82 Å². The normalized spacial score (nSPS) is 14.4. The number of phosphoric acid groups is 1. The van der Waals surface area contributed by atoms with Gasteiger partial charge in [0.1, 0.15) is 13.2 Å². The van der Waals surface area contributed by atoms with Gasteiger partial charge in [0.15, 0.2) is 0 Å². The fourth-order valence-corrected chi connectivity index (χ4v) is 10.9. The molecule has 0 rings (SSSR count). The van der Waals surface area contributed by atoms with Crippen LogP contribution in [-0.4, -0.2) is 73.4 Å². The summed E-state index contributed by atoms with van der Waals surface area (Å²) in [5, 5.41) is 14.0. The van der Waals surface area contributed by atoms with Crippen LogP contribution in [0.5, 0.6) is 0 Å². The maximum atomic E-state index is 13.1. The first-order valence-electron chi connectivity index (χ1n) is 35.9. The molecule has 3 N–H and O–H groups in total. The highest BCUT2D eigenvalue weighted by molar-refractivity contribution is 7.47. The van der Waals surface area contributed by atoms with Crippen molar-refractivity contribution in [2.45, 2.75) is 321 Å². The Morgan fingerprint density at radius 2 is 0.698 bits per heavy atom. The largest absolute Gasteiger partial charge is 0.472 e. The average molecular weight is 1220 g/mol. The lowest BCUT2D eigenvalue weighted by atomic mass is 10.0. The molecule has 3 atom stereocenters. The lowest BCUT2D eigenvalue weighted by molar-refractivity contribution is -0.870. The number of hydrogen-bond acceptors (Lipinski definition) is 5. The minimum atomic E-state index is -4.36. The summed E-state index contributed by atoms with van der Waals surface area (Å²) in [5.74, 6) is -0.185. The molecule has 0 radical (unpaired) electrons. The standard InChI is InChI=1S/C77H137N2O6P/c1-6-8-10-12-14-16-18-20-22-24-26-28-30-32-34-35-36-37-38-39-40-41-42-43-45-47-49-51-53-55-57-59-61-63-65-67-69-71-77(81)78-75(74-85-86(82,83)84-73-72-79(3,4)5)76(80)70-68-66-64-62-60-58-56-54-52-50-48-46-44-33-31-29-27-25-23-21-19-17-15-13-11-9-7-2/h8,10,14,16,20,22,26,28,32,34,36-37,39-40,42-43,47,49,68,70,75-76,80H,6-7,9,11-13,15,17-19,21,23-25,27,29-31,33,35,38,41,44-46,48,50-67,69,71-74H2,1-5H3,(H-,78,81,82,83)/p+1/b10-8-,16-14-,22-20-,28-26-,34-32-,37-36-,40-39-,43-42-,49-47-,70-68+. The Labute approximate surface area is 533 Å². The van der Waals surface area contributed by atoms with Crippen LogP contribution in [0.1, 0.15) is 309 Å². The van der Waals surface area contributed by atoms with Crippen LogP contribution in [-0.2, 0) is 18.4 Å². The number of aliphatic hydroxyl groups excluding tert-OH is 1. The zero-order valence-electron chi connectivity index (χ0n) is 56.8. The number of rotatable bonds is 65. The van der Waals surface area contributed by atoms with E-state index in [4.69, 9.17) is 9.05 Å². The highest BCUT2D eigenvalue weighted by Crippen LogP contribution is 2.43. The van der Waals surface area contributed by atoms with E-state index in [0.717, 1.165) is 103 Å². The Kier molecular flexibility index (Phi) is 63.9. The van der Waals surface area contributed by atoms with Crippen LogP contribution in [0.2, 0.25) is 0 Å². The quantitative estimate of drug-likeness (QED) is 0.0243. The van der Waals surface area contributed by atoms with E-state index in [1.165, 1.54) is 186 Å². The number of quaternary nitrogens is 1. The molecule has 1 amide bonds. The number of amides is 1. The van der Waals surface area contributed by atoms with Crippen molar-refractivity contribution in [2.24, 2.45) is 0 Å². The lowest BCUT2D eigenvalue weighted by Crippen LogP contribution is -2.45. The van der Waals surface area contributed by atoms with Gasteiger partial charge in [-0.15, -0.1) is 0 Å². The molecule has 0 aromatic carbocycles. The van der Waals surface area contributed by atoms with Gasteiger partial charge in [0, 0.05) is 6.42 Å². The molecule has 8 nitrogen and oxygen atoms in total. The fourth-order valence-electron chi connectivity index (χ4n) is 10.2. The molecular formula is C77H138N2O6P+. The van der Waals surface area contributed by atoms with Crippen LogP contribution in [0, 0.1) is 0 Å². The summed E-state index contributed by atoms with van der Waals surface area (Å²) in [6.45, 7) is 4.72. The molecule has 86 heavy (non-hydrogen) atoms. The van der Waals surface area contributed by atoms with Crippen LogP contribution >= 0.6 is 7.82 Å². The van der Waals surface area contributed by atoms with Crippen molar-refractivity contribution in [1.29, 1.82) is 0 Å². The number of hydrogen-bond donors (Lipinski definition) is 3. The number of allylic oxidation sites excluding steroid dienone is 19.